The third kappa shape index (κ3) is 4.53. The van der Waals surface area contributed by atoms with Crippen molar-refractivity contribution in [1.82, 2.24) is 9.62 Å². The first-order chi connectivity index (χ1) is 11.5. The molecule has 0 heterocycles. The van der Waals surface area contributed by atoms with Gasteiger partial charge in [-0.25, -0.2) is 13.1 Å². The molecule has 2 aromatic rings. The number of amides is 1. The molecule has 130 valence electrons. The lowest BCUT2D eigenvalue weighted by atomic mass is 10.1. The first kappa shape index (κ1) is 18.4. The van der Waals surface area contributed by atoms with Gasteiger partial charge in [0.25, 0.3) is 0 Å². The monoisotopic (exact) mass is 350 g/mol. The highest BCUT2D eigenvalue weighted by Crippen LogP contribution is 2.18. The van der Waals surface area contributed by atoms with E-state index in [0.29, 0.717) is 6.54 Å². The fraction of sp³-hybridized carbons (Fsp3) is 0.353. The van der Waals surface area contributed by atoms with Crippen LogP contribution in [0, 0.1) is 0 Å². The number of likely N-dealkylation sites (N-methyl/N-ethyl adjacent to an activating group) is 1. The quantitative estimate of drug-likeness (QED) is 0.752. The molecule has 0 spiro atoms. The van der Waals surface area contributed by atoms with Gasteiger partial charge in [-0.1, -0.05) is 30.3 Å². The number of hydrogen-bond acceptors (Lipinski definition) is 4. The number of aliphatic hydroxyl groups excluding tert-OH is 1. The van der Waals surface area contributed by atoms with Gasteiger partial charge >= 0.3 is 0 Å². The average Bonchev–Trinajstić information content (AvgIpc) is 2.58. The van der Waals surface area contributed by atoms with E-state index >= 15 is 0 Å². The Morgan fingerprint density at radius 2 is 1.88 bits per heavy atom. The summed E-state index contributed by atoms with van der Waals surface area (Å²) < 4.78 is 27.1. The third-order valence-corrected chi connectivity index (χ3v) is 5.23. The predicted molar refractivity (Wildman–Crippen MR) is 93.1 cm³/mol. The highest BCUT2D eigenvalue weighted by molar-refractivity contribution is 7.89. The maximum Gasteiger partial charge on any atom is 0.240 e. The van der Waals surface area contributed by atoms with Gasteiger partial charge in [-0.05, 0) is 29.8 Å². The van der Waals surface area contributed by atoms with Crippen LogP contribution < -0.4 is 4.72 Å². The van der Waals surface area contributed by atoms with Gasteiger partial charge in [-0.3, -0.25) is 4.79 Å². The van der Waals surface area contributed by atoms with Gasteiger partial charge in [0, 0.05) is 26.1 Å². The Labute approximate surface area is 142 Å². The first-order valence-corrected chi connectivity index (χ1v) is 9.33. The molecule has 7 heteroatoms. The minimum absolute atomic E-state index is 0.0237. The average molecular weight is 350 g/mol. The smallest absolute Gasteiger partial charge is 0.240 e. The van der Waals surface area contributed by atoms with Crippen LogP contribution in [0.3, 0.4) is 0 Å². The van der Waals surface area contributed by atoms with E-state index in [1.54, 1.807) is 18.2 Å². The van der Waals surface area contributed by atoms with E-state index in [1.165, 1.54) is 4.90 Å². The van der Waals surface area contributed by atoms with Crippen molar-refractivity contribution in [2.75, 3.05) is 26.2 Å². The van der Waals surface area contributed by atoms with E-state index < -0.39 is 10.0 Å². The second-order valence-corrected chi connectivity index (χ2v) is 7.12. The number of benzene rings is 2. The maximum absolute atomic E-state index is 12.3. The number of nitrogens with zero attached hydrogens (tertiary/aromatic N) is 1. The molecule has 0 aromatic heterocycles. The molecule has 0 unspecified atom stereocenters. The van der Waals surface area contributed by atoms with Crippen molar-refractivity contribution in [3.05, 3.63) is 42.5 Å². The van der Waals surface area contributed by atoms with Crippen LogP contribution >= 0.6 is 0 Å². The molecule has 2 rings (SSSR count). The van der Waals surface area contributed by atoms with Gasteiger partial charge in [0.1, 0.15) is 0 Å². The SMILES string of the molecule is CCN(CCO)C(=O)CCNS(=O)(=O)c1ccc2ccccc2c1. The Balaban J connectivity index is 2.01. The fourth-order valence-corrected chi connectivity index (χ4v) is 3.51. The summed E-state index contributed by atoms with van der Waals surface area (Å²) in [7, 11) is -3.66. The number of fused-ring (bicyclic) bond motifs is 1. The van der Waals surface area contributed by atoms with E-state index in [9.17, 15) is 13.2 Å². The lowest BCUT2D eigenvalue weighted by Gasteiger charge is -2.19. The van der Waals surface area contributed by atoms with Crippen LogP contribution in [0.2, 0.25) is 0 Å². The number of hydrogen-bond donors (Lipinski definition) is 2. The van der Waals surface area contributed by atoms with Crippen LogP contribution in [0.5, 0.6) is 0 Å². The van der Waals surface area contributed by atoms with Crippen molar-refractivity contribution in [1.29, 1.82) is 0 Å². The highest BCUT2D eigenvalue weighted by atomic mass is 32.2. The number of carbonyl (C=O) groups excluding carboxylic acids is 1. The molecule has 0 aliphatic carbocycles. The summed E-state index contributed by atoms with van der Waals surface area (Å²) in [6.07, 6.45) is 0.0562. The van der Waals surface area contributed by atoms with Crippen molar-refractivity contribution in [2.45, 2.75) is 18.2 Å². The lowest BCUT2D eigenvalue weighted by Crippen LogP contribution is -2.36. The number of aliphatic hydroxyl groups is 1. The molecule has 2 N–H and O–H groups in total. The van der Waals surface area contributed by atoms with Crippen molar-refractivity contribution in [2.24, 2.45) is 0 Å². The van der Waals surface area contributed by atoms with Gasteiger partial charge in [0.2, 0.25) is 15.9 Å². The molecule has 0 bridgehead atoms. The summed E-state index contributed by atoms with van der Waals surface area (Å²) in [5.41, 5.74) is 0. The van der Waals surface area contributed by atoms with Gasteiger partial charge in [0.05, 0.1) is 11.5 Å². The van der Waals surface area contributed by atoms with E-state index in [1.807, 2.05) is 31.2 Å². The molecule has 0 radical (unpaired) electrons. The van der Waals surface area contributed by atoms with Crippen molar-refractivity contribution in [3.8, 4) is 0 Å². The molecular weight excluding hydrogens is 328 g/mol. The molecule has 0 saturated carbocycles. The first-order valence-electron chi connectivity index (χ1n) is 7.85. The van der Waals surface area contributed by atoms with Crippen molar-refractivity contribution < 1.29 is 18.3 Å². The Morgan fingerprint density at radius 3 is 2.54 bits per heavy atom. The largest absolute Gasteiger partial charge is 0.395 e. The molecule has 0 aliphatic heterocycles. The second-order valence-electron chi connectivity index (χ2n) is 5.35. The van der Waals surface area contributed by atoms with E-state index in [4.69, 9.17) is 5.11 Å². The Hall–Kier alpha value is -1.96. The standard InChI is InChI=1S/C17H22N2O4S/c1-2-19(11-12-20)17(21)9-10-18-24(22,23)16-8-7-14-5-3-4-6-15(14)13-16/h3-8,13,18,20H,2,9-12H2,1H3. The Kier molecular flexibility index (Phi) is 6.30. The van der Waals surface area contributed by atoms with Crippen LogP contribution in [0.25, 0.3) is 10.8 Å². The number of carbonyl (C=O) groups is 1. The van der Waals surface area contributed by atoms with Crippen LogP contribution in [0.1, 0.15) is 13.3 Å². The summed E-state index contributed by atoms with van der Waals surface area (Å²) in [5.74, 6) is -0.187. The third-order valence-electron chi connectivity index (χ3n) is 3.77. The molecule has 2 aromatic carbocycles. The maximum atomic E-state index is 12.3. The molecule has 0 atom stereocenters. The molecule has 1 amide bonds. The topological polar surface area (TPSA) is 86.7 Å². The zero-order valence-corrected chi connectivity index (χ0v) is 14.4. The molecule has 0 fully saturated rings. The minimum Gasteiger partial charge on any atom is -0.395 e. The van der Waals surface area contributed by atoms with Gasteiger partial charge in [-0.2, -0.15) is 0 Å². The normalized spacial score (nSPS) is 11.6. The van der Waals surface area contributed by atoms with Gasteiger partial charge in [-0.15, -0.1) is 0 Å². The zero-order valence-electron chi connectivity index (χ0n) is 13.6. The fourth-order valence-electron chi connectivity index (χ4n) is 2.45. The lowest BCUT2D eigenvalue weighted by molar-refractivity contribution is -0.131. The predicted octanol–water partition coefficient (Wildman–Crippen LogP) is 1.35. The highest BCUT2D eigenvalue weighted by Gasteiger charge is 2.16. The van der Waals surface area contributed by atoms with E-state index in [-0.39, 0.29) is 36.9 Å². The summed E-state index contributed by atoms with van der Waals surface area (Å²) in [5, 5.41) is 10.7. The zero-order chi connectivity index (χ0) is 17.6. The molecule has 6 nitrogen and oxygen atoms in total. The number of nitrogens with one attached hydrogen (secondary N) is 1. The summed E-state index contributed by atoms with van der Waals surface area (Å²) >= 11 is 0. The Morgan fingerprint density at radius 1 is 1.17 bits per heavy atom. The number of sulfonamides is 1. The van der Waals surface area contributed by atoms with E-state index in [0.717, 1.165) is 10.8 Å². The van der Waals surface area contributed by atoms with Crippen LogP contribution in [0.4, 0.5) is 0 Å². The molecule has 24 heavy (non-hydrogen) atoms. The van der Waals surface area contributed by atoms with Gasteiger partial charge in [0.15, 0.2) is 0 Å². The van der Waals surface area contributed by atoms with Crippen LogP contribution in [0.15, 0.2) is 47.4 Å². The van der Waals surface area contributed by atoms with E-state index in [2.05, 4.69) is 4.72 Å². The molecule has 0 saturated heterocycles. The number of rotatable bonds is 8. The second kappa shape index (κ2) is 8.23. The molecular formula is C17H22N2O4S. The van der Waals surface area contributed by atoms with Gasteiger partial charge < -0.3 is 10.0 Å². The van der Waals surface area contributed by atoms with Crippen molar-refractivity contribution in [3.63, 3.8) is 0 Å². The van der Waals surface area contributed by atoms with Crippen molar-refractivity contribution >= 4 is 26.7 Å². The van der Waals surface area contributed by atoms with Crippen LogP contribution in [-0.2, 0) is 14.8 Å². The summed E-state index contributed by atoms with van der Waals surface area (Å²) in [6, 6.07) is 12.4. The minimum atomic E-state index is -3.66. The summed E-state index contributed by atoms with van der Waals surface area (Å²) in [4.78, 5) is 13.6. The Bertz CT molecular complexity index is 805. The van der Waals surface area contributed by atoms with Crippen LogP contribution in [-0.4, -0.2) is 50.6 Å². The molecule has 0 aliphatic rings. The summed E-state index contributed by atoms with van der Waals surface area (Å²) in [6.45, 7) is 2.47.